The maximum Gasteiger partial charge on any atom is 0.316 e. The van der Waals surface area contributed by atoms with Gasteiger partial charge in [0, 0.05) is 36.8 Å². The molecule has 0 spiro atoms. The smallest absolute Gasteiger partial charge is 0.316 e. The van der Waals surface area contributed by atoms with E-state index in [-0.39, 0.29) is 11.2 Å². The zero-order chi connectivity index (χ0) is 19.1. The van der Waals surface area contributed by atoms with Crippen LogP contribution in [0.25, 0.3) is 22.0 Å². The molecule has 0 unspecified atom stereocenters. The third-order valence-electron chi connectivity index (χ3n) is 4.14. The van der Waals surface area contributed by atoms with Crippen molar-refractivity contribution in [2.45, 2.75) is 41.2 Å². The summed E-state index contributed by atoms with van der Waals surface area (Å²) in [6, 6.07) is 4.41. The van der Waals surface area contributed by atoms with Crippen LogP contribution in [0.5, 0.6) is 6.01 Å². The zero-order valence-electron chi connectivity index (χ0n) is 16.1. The van der Waals surface area contributed by atoms with Gasteiger partial charge in [-0.25, -0.2) is 9.97 Å². The number of hydrogen-bond donors (Lipinski definition) is 0. The first-order chi connectivity index (χ1) is 12.2. The van der Waals surface area contributed by atoms with Gasteiger partial charge in [0.05, 0.1) is 12.6 Å². The molecule has 0 N–H and O–H groups in total. The zero-order valence-corrected chi connectivity index (χ0v) is 16.1. The second-order valence-electron chi connectivity index (χ2n) is 7.77. The van der Waals surface area contributed by atoms with E-state index in [9.17, 15) is 4.79 Å². The Morgan fingerprint density at radius 1 is 1.15 bits per heavy atom. The number of ether oxygens (including phenoxy) is 1. The molecular formula is C20H24N4O2. The highest BCUT2D eigenvalue weighted by Crippen LogP contribution is 2.31. The van der Waals surface area contributed by atoms with E-state index in [1.165, 1.54) is 7.11 Å². The summed E-state index contributed by atoms with van der Waals surface area (Å²) in [6.07, 6.45) is 3.44. The Hall–Kier alpha value is -2.76. The summed E-state index contributed by atoms with van der Waals surface area (Å²) in [6.45, 7) is 10.8. The van der Waals surface area contributed by atoms with Crippen LogP contribution < -0.4 is 4.74 Å². The lowest BCUT2D eigenvalue weighted by atomic mass is 9.96. The molecule has 0 amide bonds. The lowest BCUT2D eigenvalue weighted by Gasteiger charge is -2.19. The van der Waals surface area contributed by atoms with E-state index < -0.39 is 0 Å². The van der Waals surface area contributed by atoms with Gasteiger partial charge in [-0.15, -0.1) is 0 Å². The fraction of sp³-hybridized carbons (Fsp3) is 0.400. The fourth-order valence-corrected chi connectivity index (χ4v) is 3.09. The Labute approximate surface area is 153 Å². The van der Waals surface area contributed by atoms with Gasteiger partial charge in [0.25, 0.3) is 0 Å². The van der Waals surface area contributed by atoms with E-state index in [4.69, 9.17) is 4.74 Å². The van der Waals surface area contributed by atoms with Gasteiger partial charge in [0.15, 0.2) is 5.78 Å². The Bertz CT molecular complexity index is 966. The number of ketones is 1. The third kappa shape index (κ3) is 3.45. The van der Waals surface area contributed by atoms with E-state index >= 15 is 0 Å². The largest absolute Gasteiger partial charge is 0.467 e. The van der Waals surface area contributed by atoms with Gasteiger partial charge in [0.1, 0.15) is 5.69 Å². The molecule has 0 aliphatic rings. The average Bonchev–Trinajstić information content (AvgIpc) is 2.92. The topological polar surface area (TPSA) is 69.9 Å². The highest BCUT2D eigenvalue weighted by molar-refractivity contribution is 6.06. The highest BCUT2D eigenvalue weighted by Gasteiger charge is 2.21. The molecule has 0 aliphatic heterocycles. The molecule has 0 bridgehead atoms. The summed E-state index contributed by atoms with van der Waals surface area (Å²) in [5, 5.41) is 5.48. The average molecular weight is 352 g/mol. The summed E-state index contributed by atoms with van der Waals surface area (Å²) in [5.74, 6) is -0.0369. The number of carbonyl (C=O) groups excluding carboxylic acids is 1. The van der Waals surface area contributed by atoms with Crippen LogP contribution in [0.3, 0.4) is 0 Å². The standard InChI is InChI=1S/C20H24N4O2/c1-12-7-14(15-9-21-19(26-6)22-10-15)8-16-17(13(2)25)23-24(18(12)16)11-20(3,4)5/h7-10H,11H2,1-6H3. The van der Waals surface area contributed by atoms with Crippen LogP contribution in [0.15, 0.2) is 24.5 Å². The second-order valence-corrected chi connectivity index (χ2v) is 7.77. The normalized spacial score (nSPS) is 11.8. The van der Waals surface area contributed by atoms with Crippen molar-refractivity contribution >= 4 is 16.7 Å². The van der Waals surface area contributed by atoms with E-state index in [0.717, 1.165) is 34.1 Å². The van der Waals surface area contributed by atoms with Crippen molar-refractivity contribution < 1.29 is 9.53 Å². The van der Waals surface area contributed by atoms with Crippen molar-refractivity contribution in [3.8, 4) is 17.1 Å². The fourth-order valence-electron chi connectivity index (χ4n) is 3.09. The molecule has 136 valence electrons. The van der Waals surface area contributed by atoms with E-state index in [1.807, 2.05) is 17.7 Å². The molecule has 0 saturated carbocycles. The predicted molar refractivity (Wildman–Crippen MR) is 102 cm³/mol. The number of aromatic nitrogens is 4. The van der Waals surface area contributed by atoms with Crippen LogP contribution in [0.2, 0.25) is 0 Å². The van der Waals surface area contributed by atoms with Crippen molar-refractivity contribution in [1.82, 2.24) is 19.7 Å². The quantitative estimate of drug-likeness (QED) is 0.662. The van der Waals surface area contributed by atoms with Gasteiger partial charge in [0.2, 0.25) is 0 Å². The number of fused-ring (bicyclic) bond motifs is 1. The van der Waals surface area contributed by atoms with Gasteiger partial charge in [-0.3, -0.25) is 9.48 Å². The van der Waals surface area contributed by atoms with Gasteiger partial charge < -0.3 is 4.74 Å². The van der Waals surface area contributed by atoms with Gasteiger partial charge >= 0.3 is 6.01 Å². The number of carbonyl (C=O) groups is 1. The molecule has 2 aromatic heterocycles. The van der Waals surface area contributed by atoms with E-state index in [2.05, 4.69) is 41.9 Å². The molecule has 3 rings (SSSR count). The molecule has 2 heterocycles. The van der Waals surface area contributed by atoms with Crippen LogP contribution in [-0.4, -0.2) is 32.6 Å². The monoisotopic (exact) mass is 352 g/mol. The van der Waals surface area contributed by atoms with Crippen molar-refractivity contribution in [1.29, 1.82) is 0 Å². The maximum absolute atomic E-state index is 12.2. The number of nitrogens with zero attached hydrogens (tertiary/aromatic N) is 4. The summed E-state index contributed by atoms with van der Waals surface area (Å²) in [7, 11) is 1.54. The molecule has 0 atom stereocenters. The highest BCUT2D eigenvalue weighted by atomic mass is 16.5. The predicted octanol–water partition coefficient (Wildman–Crippen LogP) is 4.06. The number of benzene rings is 1. The molecule has 6 heteroatoms. The van der Waals surface area contributed by atoms with Gasteiger partial charge in [-0.2, -0.15) is 5.10 Å². The summed E-state index contributed by atoms with van der Waals surface area (Å²) < 4.78 is 6.97. The van der Waals surface area contributed by atoms with Gasteiger partial charge in [-0.05, 0) is 35.6 Å². The first kappa shape index (κ1) is 18.0. The minimum atomic E-state index is -0.0369. The Balaban J connectivity index is 2.20. The molecule has 0 aliphatic carbocycles. The first-order valence-electron chi connectivity index (χ1n) is 8.58. The Kier molecular flexibility index (Phi) is 4.52. The van der Waals surface area contributed by atoms with Gasteiger partial charge in [-0.1, -0.05) is 20.8 Å². The second kappa shape index (κ2) is 6.52. The molecule has 3 aromatic rings. The van der Waals surface area contributed by atoms with Crippen LogP contribution in [0.1, 0.15) is 43.7 Å². The number of aryl methyl sites for hydroxylation is 1. The van der Waals surface area contributed by atoms with Crippen LogP contribution in [0.4, 0.5) is 0 Å². The number of hydrogen-bond acceptors (Lipinski definition) is 5. The third-order valence-corrected chi connectivity index (χ3v) is 4.14. The Morgan fingerprint density at radius 3 is 2.35 bits per heavy atom. The Morgan fingerprint density at radius 2 is 1.81 bits per heavy atom. The molecule has 0 fully saturated rings. The van der Waals surface area contributed by atoms with Crippen molar-refractivity contribution in [3.05, 3.63) is 35.8 Å². The van der Waals surface area contributed by atoms with E-state index in [1.54, 1.807) is 19.3 Å². The van der Waals surface area contributed by atoms with Crippen molar-refractivity contribution in [3.63, 3.8) is 0 Å². The lowest BCUT2D eigenvalue weighted by molar-refractivity contribution is 0.101. The molecule has 0 saturated heterocycles. The molecule has 1 aromatic carbocycles. The van der Waals surface area contributed by atoms with Crippen molar-refractivity contribution in [2.75, 3.05) is 7.11 Å². The minimum Gasteiger partial charge on any atom is -0.467 e. The summed E-state index contributed by atoms with van der Waals surface area (Å²) in [4.78, 5) is 20.5. The van der Waals surface area contributed by atoms with Crippen molar-refractivity contribution in [2.24, 2.45) is 5.41 Å². The molecular weight excluding hydrogens is 328 g/mol. The summed E-state index contributed by atoms with van der Waals surface area (Å²) in [5.41, 5.74) is 4.45. The van der Waals surface area contributed by atoms with Crippen LogP contribution in [-0.2, 0) is 6.54 Å². The van der Waals surface area contributed by atoms with Crippen LogP contribution in [0, 0.1) is 12.3 Å². The number of Topliss-reactive ketones (excluding diaryl/α,β-unsaturated/α-hetero) is 1. The number of rotatable bonds is 4. The SMILES string of the molecule is COc1ncc(-c2cc(C)c3c(c2)c(C(C)=O)nn3CC(C)(C)C)cn1. The lowest BCUT2D eigenvalue weighted by Crippen LogP contribution is -2.17. The minimum absolute atomic E-state index is 0.0369. The van der Waals surface area contributed by atoms with E-state index in [0.29, 0.717) is 11.7 Å². The first-order valence-corrected chi connectivity index (χ1v) is 8.58. The molecule has 0 radical (unpaired) electrons. The van der Waals surface area contributed by atoms with Crippen LogP contribution >= 0.6 is 0 Å². The molecule has 26 heavy (non-hydrogen) atoms. The molecule has 6 nitrogen and oxygen atoms in total. The summed E-state index contributed by atoms with van der Waals surface area (Å²) >= 11 is 0. The number of methoxy groups -OCH3 is 1. The maximum atomic E-state index is 12.2.